The Bertz CT molecular complexity index is 53.0. The number of carbonyl (C=O) groups is 1. The molecule has 3 nitrogen and oxygen atoms in total. The van der Waals surface area contributed by atoms with Gasteiger partial charge < -0.3 is 6.53 Å². The number of hydrogen-bond donors (Lipinski definition) is 2. The van der Waals surface area contributed by atoms with E-state index in [2.05, 4.69) is 0 Å². The third-order valence-electron chi connectivity index (χ3n) is 0.0808. The summed E-state index contributed by atoms with van der Waals surface area (Å²) in [4.78, 5) is 9.25. The van der Waals surface area contributed by atoms with Crippen LogP contribution in [0.2, 0.25) is 0 Å². The molecule has 0 radical (unpaired) electrons. The topological polar surface area (TPSA) is 49.3 Å². The fraction of sp³-hybridized carbons (Fsp3) is 0. The van der Waals surface area contributed by atoms with Crippen molar-refractivity contribution in [2.75, 3.05) is 0 Å². The Hall–Kier alpha value is 1.00. The molecule has 0 atom stereocenters. The Labute approximate surface area is 72.8 Å². The molecule has 0 unspecified atom stereocenters. The van der Waals surface area contributed by atoms with E-state index in [1.807, 2.05) is 3.53 Å². The maximum absolute atomic E-state index is 9.25. The predicted molar refractivity (Wildman–Crippen MR) is 26.3 cm³/mol. The number of amides is 1. The van der Waals surface area contributed by atoms with Crippen molar-refractivity contribution in [3.05, 3.63) is 0 Å². The zero-order valence-electron chi connectivity index (χ0n) is 4.23. The second kappa shape index (κ2) is 6.00. The van der Waals surface area contributed by atoms with Crippen molar-refractivity contribution in [1.29, 1.82) is 0 Å². The average Bonchev–Trinajstić information content (AvgIpc) is 1.38. The maximum atomic E-state index is 9.25. The molecule has 32 valence electrons. The van der Waals surface area contributed by atoms with Crippen molar-refractivity contribution in [3.63, 3.8) is 0 Å². The minimum atomic E-state index is -1.01. The smallest absolute Gasteiger partial charge is 1.00 e. The van der Waals surface area contributed by atoms with Gasteiger partial charge in [0, 0.05) is 0 Å². The van der Waals surface area contributed by atoms with Gasteiger partial charge in [0.1, 0.15) is 0 Å². The monoisotopic (exact) mass is 211 g/mol. The van der Waals surface area contributed by atoms with Crippen molar-refractivity contribution >= 4 is 29.0 Å². The first-order valence-electron chi connectivity index (χ1n) is 0.867. The largest absolute Gasteiger partial charge is 1.00 e. The van der Waals surface area contributed by atoms with Gasteiger partial charge in [-0.2, -0.15) is 0 Å². The molecule has 2 N–H and O–H groups in total. The summed E-state index contributed by atoms with van der Waals surface area (Å²) in [6.07, 6.45) is -1.01. The summed E-state index contributed by atoms with van der Waals surface area (Å²) in [7, 11) is 0. The minimum absolute atomic E-state index is 0. The Morgan fingerprint density at radius 1 is 2.00 bits per heavy atom. The number of hydrogen-bond acceptors (Lipinski definition) is 1. The van der Waals surface area contributed by atoms with Gasteiger partial charge in [-0.05, 0) is 0 Å². The van der Waals surface area contributed by atoms with Gasteiger partial charge in [-0.1, -0.05) is 0 Å². The Kier molecular flexibility index (Phi) is 10.1. The Morgan fingerprint density at radius 2 is 2.17 bits per heavy atom. The minimum Gasteiger partial charge on any atom is -1.00 e. The van der Waals surface area contributed by atoms with Crippen LogP contribution in [0.1, 0.15) is 1.43 Å². The molecule has 0 saturated carbocycles. The molecule has 6 heavy (non-hydrogen) atoms. The van der Waals surface area contributed by atoms with E-state index in [1.165, 1.54) is 22.9 Å². The van der Waals surface area contributed by atoms with Crippen LogP contribution in [0.15, 0.2) is 0 Å². The summed E-state index contributed by atoms with van der Waals surface area (Å²) >= 11 is 1.53. The summed E-state index contributed by atoms with van der Waals surface area (Å²) in [5.74, 6) is 0. The molecular formula is CH3INNaO2. The molecule has 0 bridgehead atoms. The van der Waals surface area contributed by atoms with Gasteiger partial charge >= 0.3 is 35.7 Å². The summed E-state index contributed by atoms with van der Waals surface area (Å²) in [5.41, 5.74) is 0. The Morgan fingerprint density at radius 3 is 2.17 bits per heavy atom. The van der Waals surface area contributed by atoms with Crippen LogP contribution in [0.25, 0.3) is 0 Å². The Balaban J connectivity index is -0.0000000800. The molecule has 0 rings (SSSR count). The number of nitrogens with one attached hydrogen (secondary N) is 1. The van der Waals surface area contributed by atoms with E-state index >= 15 is 0 Å². The number of rotatable bonds is 0. The summed E-state index contributed by atoms with van der Waals surface area (Å²) in [6, 6.07) is 0. The fourth-order valence-electron chi connectivity index (χ4n) is 0. The molecule has 1 amide bonds. The SMILES string of the molecule is O=C(O)NI.[H-].[Na+]. The van der Waals surface area contributed by atoms with E-state index in [1.54, 1.807) is 0 Å². The summed E-state index contributed by atoms with van der Waals surface area (Å²) in [6.45, 7) is 0. The quantitative estimate of drug-likeness (QED) is 0.269. The first kappa shape index (κ1) is 10.1. The van der Waals surface area contributed by atoms with Crippen LogP contribution in [-0.2, 0) is 0 Å². The van der Waals surface area contributed by atoms with Gasteiger partial charge in [0.15, 0.2) is 0 Å². The van der Waals surface area contributed by atoms with Gasteiger partial charge in [0.2, 0.25) is 0 Å². The van der Waals surface area contributed by atoms with Crippen molar-refractivity contribution < 1.29 is 40.9 Å². The van der Waals surface area contributed by atoms with Gasteiger partial charge in [-0.25, -0.2) is 4.79 Å². The summed E-state index contributed by atoms with van der Waals surface area (Å²) in [5, 5.41) is 7.60. The van der Waals surface area contributed by atoms with E-state index in [-0.39, 0.29) is 31.0 Å². The third kappa shape index (κ3) is 8.89. The molecule has 0 aromatic carbocycles. The van der Waals surface area contributed by atoms with Crippen LogP contribution < -0.4 is 33.1 Å². The van der Waals surface area contributed by atoms with E-state index < -0.39 is 6.09 Å². The molecule has 0 aliphatic carbocycles. The first-order valence-corrected chi connectivity index (χ1v) is 1.95. The van der Waals surface area contributed by atoms with Gasteiger partial charge in [-0.3, -0.25) is 3.53 Å². The van der Waals surface area contributed by atoms with E-state index in [0.717, 1.165) is 0 Å². The van der Waals surface area contributed by atoms with Crippen molar-refractivity contribution in [3.8, 4) is 0 Å². The van der Waals surface area contributed by atoms with E-state index in [9.17, 15) is 4.79 Å². The maximum Gasteiger partial charge on any atom is 1.00 e. The van der Waals surface area contributed by atoms with Crippen molar-refractivity contribution in [1.82, 2.24) is 3.53 Å². The van der Waals surface area contributed by atoms with Crippen molar-refractivity contribution in [2.45, 2.75) is 0 Å². The second-order valence-corrected chi connectivity index (χ2v) is 0.939. The van der Waals surface area contributed by atoms with E-state index in [4.69, 9.17) is 5.11 Å². The van der Waals surface area contributed by atoms with Crippen LogP contribution in [-0.4, -0.2) is 11.2 Å². The number of halogens is 1. The van der Waals surface area contributed by atoms with Gasteiger partial charge in [0.05, 0.1) is 22.9 Å². The summed E-state index contributed by atoms with van der Waals surface area (Å²) < 4.78 is 1.91. The standard InChI is InChI=1S/CH2INO2.Na.H/c2-3-1(4)5;;/h3H,(H,4,5);;/q;+1;-1. The zero-order chi connectivity index (χ0) is 4.28. The fourth-order valence-corrected chi connectivity index (χ4v) is 0. The van der Waals surface area contributed by atoms with Crippen LogP contribution in [0.3, 0.4) is 0 Å². The molecule has 0 aliphatic rings. The van der Waals surface area contributed by atoms with E-state index in [0.29, 0.717) is 0 Å². The average molecular weight is 211 g/mol. The van der Waals surface area contributed by atoms with Crippen molar-refractivity contribution in [2.24, 2.45) is 0 Å². The van der Waals surface area contributed by atoms with Crippen LogP contribution in [0.5, 0.6) is 0 Å². The van der Waals surface area contributed by atoms with Gasteiger partial charge in [0.25, 0.3) is 0 Å². The normalized spacial score (nSPS) is 5.50. The second-order valence-electron chi connectivity index (χ2n) is 0.400. The molecule has 0 spiro atoms. The molecule has 0 aromatic rings. The molecular weight excluding hydrogens is 208 g/mol. The molecule has 0 fully saturated rings. The molecule has 0 heterocycles. The molecule has 0 aromatic heterocycles. The zero-order valence-corrected chi connectivity index (χ0v) is 7.39. The predicted octanol–water partition coefficient (Wildman–Crippen LogP) is -2.28. The first-order chi connectivity index (χ1) is 2.27. The van der Waals surface area contributed by atoms with Crippen LogP contribution >= 0.6 is 22.9 Å². The molecule has 0 aliphatic heterocycles. The number of carboxylic acid groups (broad SMARTS) is 1. The third-order valence-corrected chi connectivity index (χ3v) is 0.542. The van der Waals surface area contributed by atoms with Crippen LogP contribution in [0, 0.1) is 0 Å². The van der Waals surface area contributed by atoms with Crippen LogP contribution in [0.4, 0.5) is 4.79 Å². The molecule has 5 heteroatoms. The van der Waals surface area contributed by atoms with Gasteiger partial charge in [-0.15, -0.1) is 0 Å². The molecule has 0 saturated heterocycles.